The van der Waals surface area contributed by atoms with Crippen LogP contribution in [0.15, 0.2) is 163 Å². The molecule has 0 aromatic heterocycles. The topological polar surface area (TPSA) is 205 Å². The van der Waals surface area contributed by atoms with Crippen LogP contribution in [-0.4, -0.2) is 80.8 Å². The maximum Gasteiger partial charge on any atom is 0.309 e. The predicted molar refractivity (Wildman–Crippen MR) is 375 cm³/mol. The summed E-state index contributed by atoms with van der Waals surface area (Å²) >= 11 is 0. The highest BCUT2D eigenvalue weighted by atomic mass is 31.0. The standard InChI is InChI=1S/C10H13N2OP.C9H13N2P.C9H11NO2.C9H10NOP.C9H9NO.C6H7N.C3H4O2.6C2H6/c1-13-11-9-6-7-12(14)10-5-3-2-4-8(9)10;10-8-5-6-11(12)9-4-2-1-3-7(8)9;11-9(12)6-7-10-8-4-2-1-3-5-8;11-9-5-6-10(12)8-4-2-1-3-7(8)9;11-9-5-6-10-8-4-2-1-3-7(8)9;7-6-4-2-1-3-5-6;4-3-1-2-5-3;6*1-2/h2-5H,6-7,14H2,1H3;1-4,8H,5-6,10,12H2;1-5,10H,6-7H2,(H,11,12);1-4H,5-6,12H2;1-4,10H,5-6H2;1-5H,7H2;1-2H2;6*1-2H3/b11-9+;;;;;;;;;;;;. The van der Waals surface area contributed by atoms with E-state index in [9.17, 15) is 19.2 Å². The Bertz CT molecular complexity index is 2690. The number of carboxylic acid groups (broad SMARTS) is 1. The number of nitrogens with one attached hydrogen (secondary N) is 2. The van der Waals surface area contributed by atoms with Crippen molar-refractivity contribution in [3.63, 3.8) is 0 Å². The summed E-state index contributed by atoms with van der Waals surface area (Å²) in [4.78, 5) is 47.3. The number of nitrogens with zero attached hydrogens (tertiary/aromatic N) is 4. The predicted octanol–water partition coefficient (Wildman–Crippen LogP) is 16.2. The molecule has 1 fully saturated rings. The second kappa shape index (κ2) is 51.5. The number of aliphatic carboxylic acids is 1. The number of ketones is 2. The Kier molecular flexibility index (Phi) is 48.6. The number of hydrogen-bond donors (Lipinski definition) is 5. The average molecular weight is 1230 g/mol. The molecule has 0 bridgehead atoms. The van der Waals surface area contributed by atoms with Gasteiger partial charge in [-0.1, -0.05) is 185 Å². The maximum atomic E-state index is 11.4. The number of benzene rings is 6. The largest absolute Gasteiger partial charge is 0.481 e. The fourth-order valence-electron chi connectivity index (χ4n) is 7.54. The third-order valence-electron chi connectivity index (χ3n) is 11.4. The van der Waals surface area contributed by atoms with Gasteiger partial charge in [0.05, 0.1) is 24.2 Å². The number of Topliss-reactive ketones (excluding diaryl/α,β-unsaturated/α-hetero) is 2. The van der Waals surface area contributed by atoms with E-state index in [1.807, 2.05) is 221 Å². The van der Waals surface area contributed by atoms with E-state index >= 15 is 0 Å². The minimum absolute atomic E-state index is 0.0648. The Morgan fingerprint density at radius 3 is 1.51 bits per heavy atom. The van der Waals surface area contributed by atoms with Crippen LogP contribution in [0.25, 0.3) is 0 Å². The molecule has 468 valence electrons. The van der Waals surface area contributed by atoms with Gasteiger partial charge in [-0.25, -0.2) is 0 Å². The highest BCUT2D eigenvalue weighted by Crippen LogP contribution is 2.34. The maximum absolute atomic E-state index is 11.4. The lowest BCUT2D eigenvalue weighted by molar-refractivity contribution is -0.157. The molecule has 7 N–H and O–H groups in total. The molecule has 18 heteroatoms. The molecule has 1 saturated heterocycles. The molecule has 0 amide bonds. The number of rotatable bonds is 5. The van der Waals surface area contributed by atoms with E-state index in [2.05, 4.69) is 82.3 Å². The van der Waals surface area contributed by atoms with E-state index < -0.39 is 5.97 Å². The highest BCUT2D eigenvalue weighted by molar-refractivity contribution is 7.19. The van der Waals surface area contributed by atoms with Gasteiger partial charge in [0.15, 0.2) is 11.6 Å². The van der Waals surface area contributed by atoms with E-state index in [1.165, 1.54) is 16.9 Å². The van der Waals surface area contributed by atoms with Crippen LogP contribution in [0.4, 0.5) is 34.1 Å². The van der Waals surface area contributed by atoms with E-state index in [4.69, 9.17) is 21.4 Å². The molecule has 0 radical (unpaired) electrons. The van der Waals surface area contributed by atoms with Gasteiger partial charge in [0.25, 0.3) is 0 Å². The van der Waals surface area contributed by atoms with Crippen LogP contribution in [0, 0.1) is 0 Å². The summed E-state index contributed by atoms with van der Waals surface area (Å²) in [7, 11) is 9.67. The van der Waals surface area contributed by atoms with Gasteiger partial charge >= 0.3 is 11.9 Å². The molecule has 6 aromatic carbocycles. The third kappa shape index (κ3) is 31.7. The summed E-state index contributed by atoms with van der Waals surface area (Å²) in [5.41, 5.74) is 22.7. The summed E-state index contributed by atoms with van der Waals surface area (Å²) < 4.78 is 10.7. The van der Waals surface area contributed by atoms with E-state index in [0.29, 0.717) is 32.4 Å². The molecule has 4 unspecified atom stereocenters. The zero-order valence-corrected chi connectivity index (χ0v) is 56.6. The van der Waals surface area contributed by atoms with Crippen molar-refractivity contribution in [3.05, 3.63) is 180 Å². The van der Waals surface area contributed by atoms with E-state index in [-0.39, 0.29) is 30.0 Å². The molecule has 5 aliphatic rings. The second-order valence-corrected chi connectivity index (χ2v) is 18.5. The number of carbonyl (C=O) groups is 4. The smallest absolute Gasteiger partial charge is 0.309 e. The van der Waals surface area contributed by atoms with Gasteiger partial charge in [-0.15, -0.1) is 0 Å². The van der Waals surface area contributed by atoms with Gasteiger partial charge in [0.2, 0.25) is 0 Å². The quantitative estimate of drug-likeness (QED) is 0.0472. The van der Waals surface area contributed by atoms with Crippen molar-refractivity contribution >= 4 is 91.5 Å². The lowest BCUT2D eigenvalue weighted by atomic mass is 9.99. The first-order valence-corrected chi connectivity index (χ1v) is 31.5. The first-order chi connectivity index (χ1) is 41.4. The average Bonchev–Trinajstić information content (AvgIpc) is 3.76. The number of oxime groups is 1. The van der Waals surface area contributed by atoms with Crippen molar-refractivity contribution in [2.24, 2.45) is 10.9 Å². The molecule has 0 aliphatic carbocycles. The van der Waals surface area contributed by atoms with E-state index in [1.54, 1.807) is 7.11 Å². The van der Waals surface area contributed by atoms with Crippen molar-refractivity contribution in [2.45, 2.75) is 128 Å². The van der Waals surface area contributed by atoms with Gasteiger partial charge in [0, 0.05) is 103 Å². The monoisotopic (exact) mass is 1220 g/mol. The zero-order chi connectivity index (χ0) is 64.4. The van der Waals surface area contributed by atoms with Crippen LogP contribution in [0.5, 0.6) is 0 Å². The van der Waals surface area contributed by atoms with Crippen LogP contribution in [0.2, 0.25) is 0 Å². The third-order valence-corrected chi connectivity index (χ3v) is 13.1. The molecule has 5 aliphatic heterocycles. The van der Waals surface area contributed by atoms with Crippen LogP contribution in [0.3, 0.4) is 0 Å². The number of nitrogen functional groups attached to an aromatic ring is 1. The van der Waals surface area contributed by atoms with Gasteiger partial charge in [-0.2, -0.15) is 0 Å². The van der Waals surface area contributed by atoms with Crippen LogP contribution in [0.1, 0.15) is 159 Å². The van der Waals surface area contributed by atoms with Crippen molar-refractivity contribution in [2.75, 3.05) is 76.8 Å². The SMILES string of the molecule is CC.CC.CC.CC.CC.CC.CO/N=C1\CCN(P)c2ccccc21.NC1CCN(P)c2ccccc21.Nc1ccccc1.O=C(O)CCNc1ccccc1.O=C1CCN(P)c2ccccc21.O=C1CCNc2ccccc21.O=C1CCO1. The summed E-state index contributed by atoms with van der Waals surface area (Å²) in [6.45, 7) is 28.7. The minimum Gasteiger partial charge on any atom is -0.481 e. The Morgan fingerprint density at radius 2 is 1.04 bits per heavy atom. The molecular formula is C67H103N8O7P3. The molecular weight excluding hydrogens is 1120 g/mol. The minimum atomic E-state index is -0.779. The molecule has 15 nitrogen and oxygen atoms in total. The number of hydrogen-bond acceptors (Lipinski definition) is 14. The summed E-state index contributed by atoms with van der Waals surface area (Å²) in [5, 5.41) is 18.6. The number of cyclic esters (lactones) is 1. The molecule has 6 aromatic rings. The summed E-state index contributed by atoms with van der Waals surface area (Å²) in [6, 6.07) is 51.1. The van der Waals surface area contributed by atoms with Gasteiger partial charge in [0.1, 0.15) is 13.7 Å². The number of ether oxygens (including phenoxy) is 1. The van der Waals surface area contributed by atoms with Crippen molar-refractivity contribution < 1.29 is 33.9 Å². The number of nitrogens with two attached hydrogens (primary N) is 2. The Morgan fingerprint density at radius 1 is 0.600 bits per heavy atom. The Balaban J connectivity index is 0. The van der Waals surface area contributed by atoms with Crippen molar-refractivity contribution in [1.82, 2.24) is 0 Å². The molecule has 85 heavy (non-hydrogen) atoms. The first kappa shape index (κ1) is 80.2. The molecule has 0 saturated carbocycles. The number of para-hydroxylation sites is 6. The lowest BCUT2D eigenvalue weighted by Gasteiger charge is -2.30. The van der Waals surface area contributed by atoms with Crippen LogP contribution in [-0.2, 0) is 19.2 Å². The fraction of sp³-hybridized carbons (Fsp3) is 0.388. The normalized spacial score (nSPS) is 14.0. The first-order valence-electron chi connectivity index (χ1n) is 29.9. The van der Waals surface area contributed by atoms with Crippen molar-refractivity contribution in [1.29, 1.82) is 0 Å². The van der Waals surface area contributed by atoms with Gasteiger partial charge in [-0.05, 0) is 101 Å². The van der Waals surface area contributed by atoms with Crippen molar-refractivity contribution in [3.8, 4) is 0 Å². The second-order valence-electron chi connectivity index (χ2n) is 16.7. The highest BCUT2D eigenvalue weighted by Gasteiger charge is 2.21. The number of esters is 1. The number of carboxylic acids is 1. The van der Waals surface area contributed by atoms with Gasteiger partial charge < -0.3 is 50.8 Å². The summed E-state index contributed by atoms with van der Waals surface area (Å²) in [5.74, 6) is -0.341. The van der Waals surface area contributed by atoms with E-state index in [0.717, 1.165) is 84.2 Å². The Hall–Kier alpha value is -6.88. The lowest BCUT2D eigenvalue weighted by Crippen LogP contribution is -2.26. The molecule has 4 atom stereocenters. The number of carbonyl (C=O) groups excluding carboxylic acids is 3. The molecule has 0 spiro atoms. The number of fused-ring (bicyclic) bond motifs is 4. The summed E-state index contributed by atoms with van der Waals surface area (Å²) in [6.07, 6.45) is 3.99. The zero-order valence-electron chi connectivity index (χ0n) is 53.1. The van der Waals surface area contributed by atoms with Gasteiger partial charge in [-0.3, -0.25) is 19.2 Å². The molecule has 5 heterocycles. The van der Waals surface area contributed by atoms with Crippen LogP contribution >= 0.6 is 28.2 Å². The van der Waals surface area contributed by atoms with Crippen LogP contribution < -0.4 is 36.1 Å². The fourth-order valence-corrected chi connectivity index (χ4v) is 8.64. The molecule has 11 rings (SSSR count). The number of anilines is 6. The Labute approximate surface area is 518 Å².